The van der Waals surface area contributed by atoms with Gasteiger partial charge in [0.2, 0.25) is 0 Å². The number of carbonyl (C=O) groups excluding carboxylic acids is 1. The van der Waals surface area contributed by atoms with Crippen LogP contribution >= 0.6 is 11.3 Å². The highest BCUT2D eigenvalue weighted by Crippen LogP contribution is 2.28. The summed E-state index contributed by atoms with van der Waals surface area (Å²) < 4.78 is 0. The van der Waals surface area contributed by atoms with Crippen LogP contribution in [-0.2, 0) is 4.79 Å². The number of Topliss-reactive ketones (excluding diaryl/α,β-unsaturated/α-hetero) is 1. The lowest BCUT2D eigenvalue weighted by Gasteiger charge is -2.12. The maximum atomic E-state index is 12.0. The number of unbranched alkanes of at least 4 members (excludes halogenated alkanes) is 1. The molecule has 0 saturated heterocycles. The van der Waals surface area contributed by atoms with Crippen molar-refractivity contribution in [3.05, 3.63) is 22.4 Å². The van der Waals surface area contributed by atoms with Gasteiger partial charge in [0.1, 0.15) is 5.78 Å². The molecule has 15 heavy (non-hydrogen) atoms. The van der Waals surface area contributed by atoms with E-state index in [0.29, 0.717) is 5.78 Å². The predicted octanol–water partition coefficient (Wildman–Crippen LogP) is 4.39. The summed E-state index contributed by atoms with van der Waals surface area (Å²) in [6.45, 7) is 4.28. The van der Waals surface area contributed by atoms with Crippen LogP contribution in [0.5, 0.6) is 0 Å². The molecule has 84 valence electrons. The van der Waals surface area contributed by atoms with Gasteiger partial charge in [-0.1, -0.05) is 32.8 Å². The van der Waals surface area contributed by atoms with Crippen molar-refractivity contribution in [1.29, 1.82) is 0 Å². The third kappa shape index (κ3) is 3.78. The van der Waals surface area contributed by atoms with Crippen molar-refractivity contribution in [2.24, 2.45) is 0 Å². The number of ketones is 1. The molecule has 1 heterocycles. The van der Waals surface area contributed by atoms with Crippen molar-refractivity contribution in [1.82, 2.24) is 0 Å². The third-order valence-corrected chi connectivity index (χ3v) is 3.62. The monoisotopic (exact) mass is 224 g/mol. The van der Waals surface area contributed by atoms with Crippen LogP contribution in [-0.4, -0.2) is 5.78 Å². The second kappa shape index (κ2) is 6.78. The average molecular weight is 224 g/mol. The lowest BCUT2D eigenvalue weighted by Crippen LogP contribution is -2.11. The Morgan fingerprint density at radius 1 is 1.40 bits per heavy atom. The molecule has 0 aliphatic heterocycles. The van der Waals surface area contributed by atoms with Gasteiger partial charge in [-0.25, -0.2) is 0 Å². The van der Waals surface area contributed by atoms with Gasteiger partial charge in [0, 0.05) is 11.3 Å². The first-order valence-electron chi connectivity index (χ1n) is 5.85. The van der Waals surface area contributed by atoms with Crippen LogP contribution < -0.4 is 0 Å². The van der Waals surface area contributed by atoms with E-state index in [1.54, 1.807) is 11.3 Å². The van der Waals surface area contributed by atoms with Gasteiger partial charge >= 0.3 is 0 Å². The zero-order valence-electron chi connectivity index (χ0n) is 9.66. The summed E-state index contributed by atoms with van der Waals surface area (Å²) in [5.41, 5.74) is 0. The predicted molar refractivity (Wildman–Crippen MR) is 66.5 cm³/mol. The minimum atomic E-state index is 0.168. The molecular weight excluding hydrogens is 204 g/mol. The van der Waals surface area contributed by atoms with Crippen molar-refractivity contribution in [2.45, 2.75) is 51.9 Å². The standard InChI is InChI=1S/C13H20OS/c1-3-5-8-12(14)11(7-4-2)13-9-6-10-15-13/h6,9-11H,3-5,7-8H2,1-2H3. The first-order chi connectivity index (χ1) is 7.29. The SMILES string of the molecule is CCCCC(=O)C(CCC)c1cccs1. The number of carbonyl (C=O) groups is 1. The first kappa shape index (κ1) is 12.4. The largest absolute Gasteiger partial charge is 0.299 e. The van der Waals surface area contributed by atoms with Crippen LogP contribution in [0.15, 0.2) is 17.5 Å². The molecule has 0 saturated carbocycles. The van der Waals surface area contributed by atoms with Crippen molar-refractivity contribution < 1.29 is 4.79 Å². The molecule has 0 spiro atoms. The molecule has 0 radical (unpaired) electrons. The summed E-state index contributed by atoms with van der Waals surface area (Å²) in [7, 11) is 0. The highest BCUT2D eigenvalue weighted by molar-refractivity contribution is 7.10. The molecule has 0 aromatic carbocycles. The van der Waals surface area contributed by atoms with Gasteiger partial charge in [0.15, 0.2) is 0 Å². The van der Waals surface area contributed by atoms with Crippen molar-refractivity contribution >= 4 is 17.1 Å². The lowest BCUT2D eigenvalue weighted by atomic mass is 9.94. The Bertz CT molecular complexity index is 277. The van der Waals surface area contributed by atoms with Gasteiger partial charge in [-0.2, -0.15) is 0 Å². The Morgan fingerprint density at radius 3 is 2.73 bits per heavy atom. The summed E-state index contributed by atoms with van der Waals surface area (Å²) >= 11 is 1.71. The highest BCUT2D eigenvalue weighted by Gasteiger charge is 2.19. The molecule has 0 aliphatic carbocycles. The Hall–Kier alpha value is -0.630. The van der Waals surface area contributed by atoms with E-state index >= 15 is 0 Å². The molecule has 1 aromatic heterocycles. The van der Waals surface area contributed by atoms with E-state index in [4.69, 9.17) is 0 Å². The minimum absolute atomic E-state index is 0.168. The van der Waals surface area contributed by atoms with Crippen LogP contribution in [0, 0.1) is 0 Å². The van der Waals surface area contributed by atoms with E-state index in [2.05, 4.69) is 25.3 Å². The smallest absolute Gasteiger partial charge is 0.141 e. The number of hydrogen-bond acceptors (Lipinski definition) is 2. The molecule has 1 aromatic rings. The van der Waals surface area contributed by atoms with Crippen LogP contribution in [0.25, 0.3) is 0 Å². The normalized spacial score (nSPS) is 12.7. The third-order valence-electron chi connectivity index (χ3n) is 2.63. The van der Waals surface area contributed by atoms with Crippen molar-refractivity contribution in [2.75, 3.05) is 0 Å². The van der Waals surface area contributed by atoms with Crippen LogP contribution in [0.2, 0.25) is 0 Å². The minimum Gasteiger partial charge on any atom is -0.299 e. The molecule has 1 nitrogen and oxygen atoms in total. The molecule has 1 atom stereocenters. The maximum absolute atomic E-state index is 12.0. The Morgan fingerprint density at radius 2 is 2.20 bits per heavy atom. The number of thiophene rings is 1. The molecule has 1 rings (SSSR count). The molecular formula is C13H20OS. The zero-order valence-corrected chi connectivity index (χ0v) is 10.5. The lowest BCUT2D eigenvalue weighted by molar-refractivity contribution is -0.120. The number of hydrogen-bond donors (Lipinski definition) is 0. The van der Waals surface area contributed by atoms with E-state index in [1.165, 1.54) is 4.88 Å². The van der Waals surface area contributed by atoms with E-state index in [0.717, 1.165) is 32.1 Å². The molecule has 0 bridgehead atoms. The quantitative estimate of drug-likeness (QED) is 0.671. The van der Waals surface area contributed by atoms with Crippen molar-refractivity contribution in [3.8, 4) is 0 Å². The van der Waals surface area contributed by atoms with Gasteiger partial charge in [0.25, 0.3) is 0 Å². The van der Waals surface area contributed by atoms with Gasteiger partial charge in [-0.3, -0.25) is 4.79 Å². The fourth-order valence-corrected chi connectivity index (χ4v) is 2.65. The summed E-state index contributed by atoms with van der Waals surface area (Å²) in [6, 6.07) is 4.13. The summed E-state index contributed by atoms with van der Waals surface area (Å²) in [5.74, 6) is 0.600. The molecule has 0 fully saturated rings. The summed E-state index contributed by atoms with van der Waals surface area (Å²) in [4.78, 5) is 13.2. The first-order valence-corrected chi connectivity index (χ1v) is 6.73. The zero-order chi connectivity index (χ0) is 11.1. The Kier molecular flexibility index (Phi) is 5.62. The molecule has 0 N–H and O–H groups in total. The highest BCUT2D eigenvalue weighted by atomic mass is 32.1. The molecule has 1 unspecified atom stereocenters. The Balaban J connectivity index is 2.61. The topological polar surface area (TPSA) is 17.1 Å². The van der Waals surface area contributed by atoms with Gasteiger partial charge in [-0.05, 0) is 24.3 Å². The second-order valence-electron chi connectivity index (χ2n) is 3.93. The van der Waals surface area contributed by atoms with Crippen LogP contribution in [0.4, 0.5) is 0 Å². The maximum Gasteiger partial charge on any atom is 0.141 e. The molecule has 2 heteroatoms. The van der Waals surface area contributed by atoms with Gasteiger partial charge in [0.05, 0.1) is 5.92 Å². The fraction of sp³-hybridized carbons (Fsp3) is 0.615. The van der Waals surface area contributed by atoms with Gasteiger partial charge < -0.3 is 0 Å². The van der Waals surface area contributed by atoms with Crippen LogP contribution in [0.1, 0.15) is 56.7 Å². The van der Waals surface area contributed by atoms with E-state index in [-0.39, 0.29) is 5.92 Å². The molecule has 0 aliphatic rings. The fourth-order valence-electron chi connectivity index (χ4n) is 1.77. The van der Waals surface area contributed by atoms with E-state index in [1.807, 2.05) is 6.07 Å². The van der Waals surface area contributed by atoms with Gasteiger partial charge in [-0.15, -0.1) is 11.3 Å². The van der Waals surface area contributed by atoms with Crippen LogP contribution in [0.3, 0.4) is 0 Å². The van der Waals surface area contributed by atoms with E-state index in [9.17, 15) is 4.79 Å². The summed E-state index contributed by atoms with van der Waals surface area (Å²) in [6.07, 6.45) is 4.97. The number of rotatable bonds is 7. The summed E-state index contributed by atoms with van der Waals surface area (Å²) in [5, 5.41) is 2.06. The van der Waals surface area contributed by atoms with E-state index < -0.39 is 0 Å². The molecule has 0 amide bonds. The average Bonchev–Trinajstić information content (AvgIpc) is 2.75. The van der Waals surface area contributed by atoms with Crippen molar-refractivity contribution in [3.63, 3.8) is 0 Å². The Labute approximate surface area is 96.5 Å². The second-order valence-corrected chi connectivity index (χ2v) is 4.91.